The molecule has 10 heteroatoms. The molecule has 0 spiro atoms. The van der Waals surface area contributed by atoms with E-state index >= 15 is 0 Å². The summed E-state index contributed by atoms with van der Waals surface area (Å²) < 4.78 is 17.9. The van der Waals surface area contributed by atoms with Crippen molar-refractivity contribution < 1.29 is 48.7 Å². The second-order valence-corrected chi connectivity index (χ2v) is 12.8. The molecule has 222 valence electrons. The van der Waals surface area contributed by atoms with Gasteiger partial charge in [-0.05, 0) is 44.1 Å². The van der Waals surface area contributed by atoms with Gasteiger partial charge in [0, 0.05) is 25.2 Å². The first kappa shape index (κ1) is 29.6. The zero-order chi connectivity index (χ0) is 30.3. The quantitative estimate of drug-likeness (QED) is 0.278. The summed E-state index contributed by atoms with van der Waals surface area (Å²) in [6.07, 6.45) is -5.50. The van der Waals surface area contributed by atoms with Gasteiger partial charge in [-0.25, -0.2) is 4.79 Å². The number of aliphatic hydroxyl groups excluding tert-OH is 2. The molecule has 1 aliphatic heterocycles. The molecule has 1 aromatic carbocycles. The summed E-state index contributed by atoms with van der Waals surface area (Å²) in [4.78, 5) is 54.3. The Labute approximate surface area is 238 Å². The molecule has 4 aliphatic rings. The van der Waals surface area contributed by atoms with E-state index in [1.165, 1.54) is 32.9 Å². The van der Waals surface area contributed by atoms with E-state index in [4.69, 9.17) is 14.2 Å². The molecule has 1 saturated heterocycles. The molecule has 2 saturated carbocycles. The highest BCUT2D eigenvalue weighted by atomic mass is 16.6. The molecule has 8 unspecified atom stereocenters. The minimum Gasteiger partial charge on any atom is -0.455 e. The van der Waals surface area contributed by atoms with Crippen LogP contribution in [0.5, 0.6) is 0 Å². The van der Waals surface area contributed by atoms with Gasteiger partial charge in [-0.15, -0.1) is 0 Å². The zero-order valence-electron chi connectivity index (χ0n) is 24.2. The smallest absolute Gasteiger partial charge is 0.338 e. The summed E-state index contributed by atoms with van der Waals surface area (Å²) in [7, 11) is 0. The Morgan fingerprint density at radius 1 is 1.05 bits per heavy atom. The Morgan fingerprint density at radius 3 is 2.22 bits per heavy atom. The molecule has 5 rings (SSSR count). The van der Waals surface area contributed by atoms with Crippen molar-refractivity contribution in [2.75, 3.05) is 6.61 Å². The van der Waals surface area contributed by atoms with Gasteiger partial charge >= 0.3 is 11.9 Å². The second-order valence-electron chi connectivity index (χ2n) is 12.8. The molecular formula is C31H38O10. The lowest BCUT2D eigenvalue weighted by atomic mass is 9.43. The van der Waals surface area contributed by atoms with E-state index in [0.29, 0.717) is 5.57 Å². The van der Waals surface area contributed by atoms with Crippen molar-refractivity contribution >= 4 is 23.5 Å². The van der Waals surface area contributed by atoms with E-state index in [1.54, 1.807) is 39.0 Å². The first-order valence-corrected chi connectivity index (χ1v) is 14.0. The molecule has 0 aromatic heterocycles. The molecule has 1 heterocycles. The van der Waals surface area contributed by atoms with E-state index in [9.17, 15) is 34.5 Å². The fourth-order valence-electron chi connectivity index (χ4n) is 8.10. The molecule has 0 radical (unpaired) electrons. The maximum absolute atomic E-state index is 14.8. The highest BCUT2D eigenvalue weighted by Crippen LogP contribution is 2.64. The van der Waals surface area contributed by atoms with Gasteiger partial charge in [0.2, 0.25) is 0 Å². The number of Topliss-reactive ketones (excluding diaryl/α,β-unsaturated/α-hetero) is 2. The first-order valence-electron chi connectivity index (χ1n) is 14.0. The largest absolute Gasteiger partial charge is 0.455 e. The van der Waals surface area contributed by atoms with Crippen LogP contribution in [0.2, 0.25) is 0 Å². The van der Waals surface area contributed by atoms with Gasteiger partial charge in [0.25, 0.3) is 0 Å². The lowest BCUT2D eigenvalue weighted by Crippen LogP contribution is -2.81. The predicted molar refractivity (Wildman–Crippen MR) is 143 cm³/mol. The van der Waals surface area contributed by atoms with Crippen molar-refractivity contribution in [3.05, 3.63) is 47.0 Å². The van der Waals surface area contributed by atoms with E-state index in [2.05, 4.69) is 0 Å². The molecule has 10 nitrogen and oxygen atoms in total. The van der Waals surface area contributed by atoms with Gasteiger partial charge < -0.3 is 29.5 Å². The minimum atomic E-state index is -2.07. The average Bonchev–Trinajstić information content (AvgIpc) is 2.89. The van der Waals surface area contributed by atoms with Crippen LogP contribution >= 0.6 is 0 Å². The number of rotatable bonds is 4. The van der Waals surface area contributed by atoms with E-state index in [0.717, 1.165) is 0 Å². The highest BCUT2D eigenvalue weighted by molar-refractivity contribution is 6.08. The van der Waals surface area contributed by atoms with Gasteiger partial charge in [-0.1, -0.05) is 32.0 Å². The third kappa shape index (κ3) is 3.91. The fourth-order valence-corrected chi connectivity index (χ4v) is 8.10. The molecule has 41 heavy (non-hydrogen) atoms. The van der Waals surface area contributed by atoms with Gasteiger partial charge in [0.05, 0.1) is 41.6 Å². The van der Waals surface area contributed by atoms with Crippen molar-refractivity contribution in [2.24, 2.45) is 22.7 Å². The Balaban J connectivity index is 1.85. The van der Waals surface area contributed by atoms with Gasteiger partial charge in [0.1, 0.15) is 23.6 Å². The lowest BCUT2D eigenvalue weighted by Gasteiger charge is -2.67. The van der Waals surface area contributed by atoms with Crippen LogP contribution in [0.4, 0.5) is 0 Å². The Bertz CT molecular complexity index is 1330. The lowest BCUT2D eigenvalue weighted by molar-refractivity contribution is -0.345. The zero-order valence-corrected chi connectivity index (χ0v) is 24.2. The molecular weight excluding hydrogens is 532 g/mol. The van der Waals surface area contributed by atoms with Crippen LogP contribution in [0.3, 0.4) is 0 Å². The number of benzene rings is 1. The molecule has 0 amide bonds. The van der Waals surface area contributed by atoms with Crippen LogP contribution in [0, 0.1) is 22.7 Å². The molecule has 1 aromatic rings. The molecule has 3 aliphatic carbocycles. The number of fused-ring (bicyclic) bond motifs is 5. The van der Waals surface area contributed by atoms with Crippen molar-refractivity contribution in [1.29, 1.82) is 0 Å². The SMILES string of the molecule is CC(=O)OC12COC1CC(O)[C@@]1(C)C(=O)C(C(C)=O)C3=C(C)C(O)CC(O)(C(OC(=O)c4ccccc4)C21)C3(C)C. The minimum absolute atomic E-state index is 0.0848. The maximum atomic E-state index is 14.8. The summed E-state index contributed by atoms with van der Waals surface area (Å²) in [5.41, 5.74) is -6.07. The summed E-state index contributed by atoms with van der Waals surface area (Å²) in [6.45, 7) is 8.69. The third-order valence-electron chi connectivity index (χ3n) is 10.4. The molecule has 2 bridgehead atoms. The van der Waals surface area contributed by atoms with Gasteiger partial charge in [0.15, 0.2) is 11.4 Å². The molecule has 3 N–H and O–H groups in total. The Kier molecular flexibility index (Phi) is 6.89. The number of carbonyl (C=O) groups is 4. The van der Waals surface area contributed by atoms with Crippen LogP contribution in [0.1, 0.15) is 64.7 Å². The highest BCUT2D eigenvalue weighted by Gasteiger charge is 2.78. The fraction of sp³-hybridized carbons (Fsp3) is 0.613. The van der Waals surface area contributed by atoms with Crippen LogP contribution in [0.25, 0.3) is 0 Å². The predicted octanol–water partition coefficient (Wildman–Crippen LogP) is 1.93. The summed E-state index contributed by atoms with van der Waals surface area (Å²) in [5.74, 6) is -5.41. The van der Waals surface area contributed by atoms with E-state index in [1.807, 2.05) is 0 Å². The van der Waals surface area contributed by atoms with Crippen LogP contribution in [-0.4, -0.2) is 81.0 Å². The van der Waals surface area contributed by atoms with Crippen LogP contribution in [0.15, 0.2) is 41.5 Å². The van der Waals surface area contributed by atoms with Crippen molar-refractivity contribution in [3.63, 3.8) is 0 Å². The van der Waals surface area contributed by atoms with E-state index in [-0.39, 0.29) is 30.6 Å². The number of ketones is 2. The Morgan fingerprint density at radius 2 is 1.68 bits per heavy atom. The maximum Gasteiger partial charge on any atom is 0.338 e. The molecule has 9 atom stereocenters. The standard InChI is InChI=1S/C31H38O10/c1-15-19(34)13-31(38)26(40-27(37)18-10-8-7-9-11-18)24-29(6,25(36)22(16(2)32)23(15)28(31,4)5)20(35)12-21-30(24,14-39-21)41-17(3)33/h7-11,19-22,24,26,34-35,38H,12-14H2,1-6H3/t19?,20?,21?,22?,24?,26?,29-,30?,31?/m1/s1. The van der Waals surface area contributed by atoms with Crippen molar-refractivity contribution in [2.45, 2.75) is 90.0 Å². The number of ether oxygens (including phenoxy) is 3. The van der Waals surface area contributed by atoms with Gasteiger partial charge in [-0.3, -0.25) is 14.4 Å². The van der Waals surface area contributed by atoms with Crippen molar-refractivity contribution in [1.82, 2.24) is 0 Å². The van der Waals surface area contributed by atoms with E-state index < -0.39 is 81.8 Å². The second kappa shape index (κ2) is 9.55. The first-order chi connectivity index (χ1) is 19.0. The number of aliphatic hydroxyl groups is 3. The molecule has 3 fully saturated rings. The number of esters is 2. The number of hydrogen-bond donors (Lipinski definition) is 3. The average molecular weight is 571 g/mol. The summed E-state index contributed by atoms with van der Waals surface area (Å²) in [5, 5.41) is 35.7. The Hall–Kier alpha value is -2.92. The summed E-state index contributed by atoms with van der Waals surface area (Å²) in [6, 6.07) is 8.09. The monoisotopic (exact) mass is 570 g/mol. The summed E-state index contributed by atoms with van der Waals surface area (Å²) >= 11 is 0. The normalized spacial score (nSPS) is 41.1. The number of carbonyl (C=O) groups excluding carboxylic acids is 4. The topological polar surface area (TPSA) is 157 Å². The van der Waals surface area contributed by atoms with Gasteiger partial charge in [-0.2, -0.15) is 0 Å². The van der Waals surface area contributed by atoms with Crippen LogP contribution < -0.4 is 0 Å². The third-order valence-corrected chi connectivity index (χ3v) is 10.4. The number of hydrogen-bond acceptors (Lipinski definition) is 10. The van der Waals surface area contributed by atoms with Crippen molar-refractivity contribution in [3.8, 4) is 0 Å². The van der Waals surface area contributed by atoms with Crippen LogP contribution in [-0.2, 0) is 28.6 Å².